The van der Waals surface area contributed by atoms with Crippen LogP contribution in [0.4, 0.5) is 0 Å². The fourth-order valence-electron chi connectivity index (χ4n) is 1.32. The summed E-state index contributed by atoms with van der Waals surface area (Å²) in [7, 11) is 1.60. The van der Waals surface area contributed by atoms with Crippen LogP contribution in [0.5, 0.6) is 5.88 Å². The predicted octanol–water partition coefficient (Wildman–Crippen LogP) is 0.657. The van der Waals surface area contributed by atoms with E-state index in [0.29, 0.717) is 24.4 Å². The molecule has 5 heteroatoms. The minimum absolute atomic E-state index is 0.512. The Morgan fingerprint density at radius 2 is 2.50 bits per heavy atom. The molecular weight excluding hydrogens is 204 g/mol. The van der Waals surface area contributed by atoms with Crippen molar-refractivity contribution in [2.45, 2.75) is 25.4 Å². The van der Waals surface area contributed by atoms with Crippen LogP contribution in [0.15, 0.2) is 23.3 Å². The number of hydrogen-bond donors (Lipinski definition) is 2. The van der Waals surface area contributed by atoms with Crippen LogP contribution in [-0.2, 0) is 6.54 Å². The first-order chi connectivity index (χ1) is 7.78. The van der Waals surface area contributed by atoms with Gasteiger partial charge in [-0.1, -0.05) is 0 Å². The second-order valence-corrected chi connectivity index (χ2v) is 3.83. The first-order valence-corrected chi connectivity index (χ1v) is 5.33. The van der Waals surface area contributed by atoms with Crippen LogP contribution >= 0.6 is 0 Å². The highest BCUT2D eigenvalue weighted by molar-refractivity contribution is 5.78. The van der Waals surface area contributed by atoms with Gasteiger partial charge in [-0.3, -0.25) is 0 Å². The quantitative estimate of drug-likeness (QED) is 0.577. The first kappa shape index (κ1) is 10.7. The number of nitrogens with two attached hydrogens (primary N) is 1. The normalized spacial score (nSPS) is 15.9. The molecule has 0 spiro atoms. The molecule has 86 valence electrons. The van der Waals surface area contributed by atoms with Crippen LogP contribution in [0.25, 0.3) is 0 Å². The van der Waals surface area contributed by atoms with Gasteiger partial charge in [-0.2, -0.15) is 0 Å². The van der Waals surface area contributed by atoms with Gasteiger partial charge in [0, 0.05) is 18.3 Å². The molecular formula is C11H16N4O. The summed E-state index contributed by atoms with van der Waals surface area (Å²) < 4.78 is 5.03. The van der Waals surface area contributed by atoms with E-state index in [1.807, 2.05) is 12.1 Å². The third kappa shape index (κ3) is 3.12. The van der Waals surface area contributed by atoms with Crippen LogP contribution < -0.4 is 15.8 Å². The number of aliphatic imine (C=N–C) groups is 1. The first-order valence-electron chi connectivity index (χ1n) is 5.33. The summed E-state index contributed by atoms with van der Waals surface area (Å²) in [5.41, 5.74) is 6.76. The minimum atomic E-state index is 0.512. The lowest BCUT2D eigenvalue weighted by Gasteiger charge is -2.04. The molecule has 3 N–H and O–H groups in total. The molecule has 0 amide bonds. The molecule has 0 saturated heterocycles. The number of guanidine groups is 1. The topological polar surface area (TPSA) is 72.5 Å². The Balaban J connectivity index is 1.91. The molecule has 1 aromatic rings. The minimum Gasteiger partial charge on any atom is -0.481 e. The Morgan fingerprint density at radius 3 is 3.19 bits per heavy atom. The number of nitrogens with one attached hydrogen (secondary N) is 1. The van der Waals surface area contributed by atoms with Crippen molar-refractivity contribution in [1.29, 1.82) is 0 Å². The zero-order valence-electron chi connectivity index (χ0n) is 9.31. The highest BCUT2D eigenvalue weighted by atomic mass is 16.5. The van der Waals surface area contributed by atoms with Gasteiger partial charge in [0.05, 0.1) is 13.7 Å². The van der Waals surface area contributed by atoms with Gasteiger partial charge in [0.1, 0.15) is 0 Å². The van der Waals surface area contributed by atoms with E-state index < -0.39 is 0 Å². The number of aromatic nitrogens is 1. The highest BCUT2D eigenvalue weighted by Gasteiger charge is 2.21. The molecule has 5 nitrogen and oxygen atoms in total. The van der Waals surface area contributed by atoms with Crippen LogP contribution in [0.1, 0.15) is 18.4 Å². The lowest BCUT2D eigenvalue weighted by molar-refractivity contribution is 0.397. The molecule has 1 fully saturated rings. The van der Waals surface area contributed by atoms with E-state index in [1.54, 1.807) is 13.3 Å². The molecule has 1 aliphatic rings. The summed E-state index contributed by atoms with van der Waals surface area (Å²) in [5.74, 6) is 1.11. The van der Waals surface area contributed by atoms with Gasteiger partial charge in [-0.05, 0) is 24.5 Å². The number of hydrogen-bond acceptors (Lipinski definition) is 3. The molecule has 1 aliphatic carbocycles. The Labute approximate surface area is 94.7 Å². The van der Waals surface area contributed by atoms with Crippen molar-refractivity contribution in [1.82, 2.24) is 10.3 Å². The predicted molar refractivity (Wildman–Crippen MR) is 62.3 cm³/mol. The Kier molecular flexibility index (Phi) is 3.24. The Morgan fingerprint density at radius 1 is 1.69 bits per heavy atom. The molecule has 0 radical (unpaired) electrons. The van der Waals surface area contributed by atoms with Crippen molar-refractivity contribution in [3.8, 4) is 5.88 Å². The summed E-state index contributed by atoms with van der Waals surface area (Å²) in [4.78, 5) is 8.28. The fraction of sp³-hybridized carbons (Fsp3) is 0.455. The maximum Gasteiger partial charge on any atom is 0.213 e. The molecule has 0 bridgehead atoms. The summed E-state index contributed by atoms with van der Waals surface area (Å²) in [5, 5.41) is 3.13. The van der Waals surface area contributed by atoms with Gasteiger partial charge in [0.15, 0.2) is 5.96 Å². The number of methoxy groups -OCH3 is 1. The van der Waals surface area contributed by atoms with E-state index in [0.717, 1.165) is 5.56 Å². The smallest absolute Gasteiger partial charge is 0.213 e. The van der Waals surface area contributed by atoms with Crippen LogP contribution in [0.3, 0.4) is 0 Å². The maximum absolute atomic E-state index is 5.73. The van der Waals surface area contributed by atoms with Gasteiger partial charge in [-0.15, -0.1) is 0 Å². The lowest BCUT2D eigenvalue weighted by atomic mass is 10.3. The average Bonchev–Trinajstić information content (AvgIpc) is 3.10. The third-order valence-corrected chi connectivity index (χ3v) is 2.37. The monoisotopic (exact) mass is 220 g/mol. The van der Waals surface area contributed by atoms with E-state index >= 15 is 0 Å². The Hall–Kier alpha value is -1.78. The van der Waals surface area contributed by atoms with Gasteiger partial charge in [0.25, 0.3) is 0 Å². The molecule has 0 atom stereocenters. The van der Waals surface area contributed by atoms with Crippen molar-refractivity contribution < 1.29 is 4.74 Å². The summed E-state index contributed by atoms with van der Waals surface area (Å²) in [6, 6.07) is 4.29. The van der Waals surface area contributed by atoms with E-state index in [-0.39, 0.29) is 0 Å². The van der Waals surface area contributed by atoms with Gasteiger partial charge in [0.2, 0.25) is 5.88 Å². The molecule has 1 heterocycles. The van der Waals surface area contributed by atoms with Gasteiger partial charge < -0.3 is 15.8 Å². The zero-order chi connectivity index (χ0) is 11.4. The SMILES string of the molecule is COc1cc(CN=C(N)NC2CC2)ccn1. The van der Waals surface area contributed by atoms with Crippen molar-refractivity contribution in [3.05, 3.63) is 23.9 Å². The summed E-state index contributed by atoms with van der Waals surface area (Å²) >= 11 is 0. The molecule has 2 rings (SSSR count). The average molecular weight is 220 g/mol. The van der Waals surface area contributed by atoms with Crippen LogP contribution in [-0.4, -0.2) is 24.1 Å². The van der Waals surface area contributed by atoms with Crippen LogP contribution in [0, 0.1) is 0 Å². The molecule has 1 aromatic heterocycles. The maximum atomic E-state index is 5.73. The molecule has 0 aliphatic heterocycles. The number of pyridine rings is 1. The van der Waals surface area contributed by atoms with Crippen LogP contribution in [0.2, 0.25) is 0 Å². The molecule has 1 saturated carbocycles. The molecule has 0 aromatic carbocycles. The second kappa shape index (κ2) is 4.83. The highest BCUT2D eigenvalue weighted by Crippen LogP contribution is 2.18. The third-order valence-electron chi connectivity index (χ3n) is 2.37. The van der Waals surface area contributed by atoms with Gasteiger partial charge in [-0.25, -0.2) is 9.98 Å². The Bertz CT molecular complexity index is 387. The van der Waals surface area contributed by atoms with E-state index in [2.05, 4.69) is 15.3 Å². The van der Waals surface area contributed by atoms with E-state index in [4.69, 9.17) is 10.5 Å². The van der Waals surface area contributed by atoms with Crippen molar-refractivity contribution in [2.24, 2.45) is 10.7 Å². The fourth-order valence-corrected chi connectivity index (χ4v) is 1.32. The van der Waals surface area contributed by atoms with E-state index in [1.165, 1.54) is 12.8 Å². The lowest BCUT2D eigenvalue weighted by Crippen LogP contribution is -2.33. The second-order valence-electron chi connectivity index (χ2n) is 3.83. The largest absolute Gasteiger partial charge is 0.481 e. The number of ether oxygens (including phenoxy) is 1. The summed E-state index contributed by atoms with van der Waals surface area (Å²) in [6.07, 6.45) is 4.09. The number of nitrogens with zero attached hydrogens (tertiary/aromatic N) is 2. The standard InChI is InChI=1S/C11H16N4O/c1-16-10-6-8(4-5-13-10)7-14-11(12)15-9-2-3-9/h4-6,9H,2-3,7H2,1H3,(H3,12,14,15). The van der Waals surface area contributed by atoms with E-state index in [9.17, 15) is 0 Å². The summed E-state index contributed by atoms with van der Waals surface area (Å²) in [6.45, 7) is 0.546. The molecule has 0 unspecified atom stereocenters. The molecule has 16 heavy (non-hydrogen) atoms. The zero-order valence-corrected chi connectivity index (χ0v) is 9.31. The number of rotatable bonds is 4. The van der Waals surface area contributed by atoms with Crippen molar-refractivity contribution >= 4 is 5.96 Å². The van der Waals surface area contributed by atoms with Gasteiger partial charge >= 0.3 is 0 Å². The van der Waals surface area contributed by atoms with Crippen molar-refractivity contribution in [3.63, 3.8) is 0 Å². The van der Waals surface area contributed by atoms with Crippen molar-refractivity contribution in [2.75, 3.05) is 7.11 Å².